The van der Waals surface area contributed by atoms with E-state index in [1.54, 1.807) is 6.92 Å². The van der Waals surface area contributed by atoms with Gasteiger partial charge in [0.25, 0.3) is 0 Å². The quantitative estimate of drug-likeness (QED) is 0.598. The molecule has 84 valence electrons. The predicted molar refractivity (Wildman–Crippen MR) is 56.7 cm³/mol. The second-order valence-corrected chi connectivity index (χ2v) is 4.21. The summed E-state index contributed by atoms with van der Waals surface area (Å²) >= 11 is 5.82. The van der Waals surface area contributed by atoms with Crippen molar-refractivity contribution >= 4 is 23.4 Å². The molecule has 0 bridgehead atoms. The molecule has 1 aliphatic rings. The molecule has 0 saturated carbocycles. The Labute approximate surface area is 96.6 Å². The van der Waals surface area contributed by atoms with Gasteiger partial charge in [0, 0.05) is 0 Å². The van der Waals surface area contributed by atoms with E-state index in [1.165, 1.54) is 18.2 Å². The van der Waals surface area contributed by atoms with Crippen LogP contribution in [0.15, 0.2) is 18.2 Å². The molecule has 1 aromatic carbocycles. The molecule has 3 nitrogen and oxygen atoms in total. The van der Waals surface area contributed by atoms with E-state index in [2.05, 4.69) is 5.32 Å². The van der Waals surface area contributed by atoms with Crippen molar-refractivity contribution in [2.45, 2.75) is 18.2 Å². The fourth-order valence-corrected chi connectivity index (χ4v) is 2.05. The van der Waals surface area contributed by atoms with E-state index in [4.69, 9.17) is 11.6 Å². The third-order valence-electron chi connectivity index (χ3n) is 2.61. The summed E-state index contributed by atoms with van der Waals surface area (Å²) in [5.41, 5.74) is 0.982. The Morgan fingerprint density at radius 3 is 2.50 bits per heavy atom. The van der Waals surface area contributed by atoms with Crippen LogP contribution in [0, 0.1) is 12.7 Å². The predicted octanol–water partition coefficient (Wildman–Crippen LogP) is 1.48. The zero-order valence-corrected chi connectivity index (χ0v) is 9.22. The average Bonchev–Trinajstić information content (AvgIpc) is 2.47. The van der Waals surface area contributed by atoms with E-state index in [0.717, 1.165) is 0 Å². The van der Waals surface area contributed by atoms with E-state index in [-0.39, 0.29) is 5.82 Å². The van der Waals surface area contributed by atoms with Crippen LogP contribution in [-0.4, -0.2) is 17.2 Å². The summed E-state index contributed by atoms with van der Waals surface area (Å²) in [6.07, 6.45) is 0. The lowest BCUT2D eigenvalue weighted by atomic mass is 9.95. The smallest absolute Gasteiger partial charge is 0.245 e. The number of halogens is 2. The van der Waals surface area contributed by atoms with Gasteiger partial charge in [-0.3, -0.25) is 14.9 Å². The number of hydrogen-bond donors (Lipinski definition) is 1. The number of nitrogens with one attached hydrogen (secondary N) is 1. The molecule has 0 aliphatic carbocycles. The van der Waals surface area contributed by atoms with Crippen LogP contribution < -0.4 is 5.32 Å². The van der Waals surface area contributed by atoms with E-state index in [0.29, 0.717) is 11.1 Å². The first kappa shape index (κ1) is 11.1. The van der Waals surface area contributed by atoms with Crippen molar-refractivity contribution in [2.24, 2.45) is 0 Å². The third kappa shape index (κ3) is 1.69. The minimum Gasteiger partial charge on any atom is -0.295 e. The van der Waals surface area contributed by atoms with Gasteiger partial charge in [-0.1, -0.05) is 12.1 Å². The molecule has 1 heterocycles. The number of hydrogen-bond acceptors (Lipinski definition) is 2. The summed E-state index contributed by atoms with van der Waals surface area (Å²) in [7, 11) is 0. The summed E-state index contributed by atoms with van der Waals surface area (Å²) in [5.74, 6) is -2.01. The summed E-state index contributed by atoms with van der Waals surface area (Å²) in [6.45, 7) is 1.59. The Kier molecular flexibility index (Phi) is 2.68. The second-order valence-electron chi connectivity index (χ2n) is 3.74. The molecule has 1 fully saturated rings. The molecule has 5 heteroatoms. The van der Waals surface area contributed by atoms with Gasteiger partial charge in [0.2, 0.25) is 11.8 Å². The Morgan fingerprint density at radius 2 is 2.00 bits per heavy atom. The molecule has 2 unspecified atom stereocenters. The first-order chi connectivity index (χ1) is 7.50. The van der Waals surface area contributed by atoms with Crippen LogP contribution in [-0.2, 0) is 9.59 Å². The number of imide groups is 1. The van der Waals surface area contributed by atoms with E-state index < -0.39 is 23.1 Å². The van der Waals surface area contributed by atoms with Crippen LogP contribution >= 0.6 is 11.6 Å². The molecule has 1 aromatic rings. The Balaban J connectivity index is 2.40. The Morgan fingerprint density at radius 1 is 1.31 bits per heavy atom. The lowest BCUT2D eigenvalue weighted by Gasteiger charge is -2.10. The number of amides is 2. The molecule has 0 radical (unpaired) electrons. The highest BCUT2D eigenvalue weighted by molar-refractivity contribution is 6.37. The standard InChI is InChI=1S/C11H9ClFNO2/c1-5-4-6(2-3-7(5)13)8-9(12)11(16)14-10(8)15/h2-4,8-9H,1H3,(H,14,15,16). The molecule has 1 N–H and O–H groups in total. The number of alkyl halides is 1. The first-order valence-electron chi connectivity index (χ1n) is 4.75. The SMILES string of the molecule is Cc1cc(C2C(=O)NC(=O)C2Cl)ccc1F. The zero-order valence-electron chi connectivity index (χ0n) is 8.46. The van der Waals surface area contributed by atoms with E-state index >= 15 is 0 Å². The van der Waals surface area contributed by atoms with Gasteiger partial charge in [-0.05, 0) is 24.1 Å². The number of rotatable bonds is 1. The fourth-order valence-electron chi connectivity index (χ4n) is 1.73. The lowest BCUT2D eigenvalue weighted by Crippen LogP contribution is -2.22. The maximum absolute atomic E-state index is 13.1. The monoisotopic (exact) mass is 241 g/mol. The minimum atomic E-state index is -0.919. The highest BCUT2D eigenvalue weighted by atomic mass is 35.5. The highest BCUT2D eigenvalue weighted by Crippen LogP contribution is 2.29. The Hall–Kier alpha value is -1.42. The summed E-state index contributed by atoms with van der Waals surface area (Å²) in [5, 5.41) is 1.23. The molecule has 1 aliphatic heterocycles. The van der Waals surface area contributed by atoms with Crippen molar-refractivity contribution < 1.29 is 14.0 Å². The first-order valence-corrected chi connectivity index (χ1v) is 5.19. The zero-order chi connectivity index (χ0) is 11.9. The van der Waals surface area contributed by atoms with Crippen molar-refractivity contribution in [1.82, 2.24) is 5.32 Å². The van der Waals surface area contributed by atoms with E-state index in [9.17, 15) is 14.0 Å². The Bertz CT molecular complexity index is 475. The molecule has 2 atom stereocenters. The van der Waals surface area contributed by atoms with Gasteiger partial charge in [0.1, 0.15) is 11.2 Å². The van der Waals surface area contributed by atoms with Crippen LogP contribution in [0.1, 0.15) is 17.0 Å². The van der Waals surface area contributed by atoms with Gasteiger partial charge >= 0.3 is 0 Å². The summed E-state index contributed by atoms with van der Waals surface area (Å²) in [6, 6.07) is 4.28. The van der Waals surface area contributed by atoms with Gasteiger partial charge < -0.3 is 0 Å². The summed E-state index contributed by atoms with van der Waals surface area (Å²) in [4.78, 5) is 22.7. The van der Waals surface area contributed by atoms with Gasteiger partial charge in [0.05, 0.1) is 5.92 Å². The van der Waals surface area contributed by atoms with Crippen molar-refractivity contribution in [2.75, 3.05) is 0 Å². The molecular weight excluding hydrogens is 233 g/mol. The van der Waals surface area contributed by atoms with E-state index in [1.807, 2.05) is 0 Å². The van der Waals surface area contributed by atoms with Gasteiger partial charge in [-0.15, -0.1) is 11.6 Å². The molecule has 1 saturated heterocycles. The number of benzene rings is 1. The molecule has 16 heavy (non-hydrogen) atoms. The maximum Gasteiger partial charge on any atom is 0.245 e. The molecule has 0 aromatic heterocycles. The molecule has 0 spiro atoms. The normalized spacial score (nSPS) is 24.7. The largest absolute Gasteiger partial charge is 0.295 e. The van der Waals surface area contributed by atoms with Gasteiger partial charge in [-0.25, -0.2) is 4.39 Å². The topological polar surface area (TPSA) is 46.2 Å². The number of aryl methyl sites for hydroxylation is 1. The molecular formula is C11H9ClFNO2. The van der Waals surface area contributed by atoms with Crippen LogP contribution in [0.3, 0.4) is 0 Å². The van der Waals surface area contributed by atoms with Crippen LogP contribution in [0.25, 0.3) is 0 Å². The van der Waals surface area contributed by atoms with Crippen molar-refractivity contribution in [3.8, 4) is 0 Å². The number of carbonyl (C=O) groups is 2. The minimum absolute atomic E-state index is 0.348. The molecule has 2 amide bonds. The van der Waals surface area contributed by atoms with Gasteiger partial charge in [-0.2, -0.15) is 0 Å². The second kappa shape index (κ2) is 3.87. The van der Waals surface area contributed by atoms with Crippen LogP contribution in [0.2, 0.25) is 0 Å². The molecule has 2 rings (SSSR count). The highest BCUT2D eigenvalue weighted by Gasteiger charge is 2.41. The van der Waals surface area contributed by atoms with Crippen LogP contribution in [0.4, 0.5) is 4.39 Å². The fraction of sp³-hybridized carbons (Fsp3) is 0.273. The van der Waals surface area contributed by atoms with Crippen LogP contribution in [0.5, 0.6) is 0 Å². The number of carbonyl (C=O) groups excluding carboxylic acids is 2. The van der Waals surface area contributed by atoms with Crippen molar-refractivity contribution in [3.63, 3.8) is 0 Å². The summed E-state index contributed by atoms with van der Waals surface area (Å²) < 4.78 is 13.1. The van der Waals surface area contributed by atoms with Gasteiger partial charge in [0.15, 0.2) is 0 Å². The van der Waals surface area contributed by atoms with Crippen molar-refractivity contribution in [1.29, 1.82) is 0 Å². The van der Waals surface area contributed by atoms with Crippen molar-refractivity contribution in [3.05, 3.63) is 35.1 Å². The average molecular weight is 242 g/mol. The lowest BCUT2D eigenvalue weighted by molar-refractivity contribution is -0.125. The maximum atomic E-state index is 13.1. The third-order valence-corrected chi connectivity index (χ3v) is 3.06.